The predicted octanol–water partition coefficient (Wildman–Crippen LogP) is 1.55. The van der Waals surface area contributed by atoms with Crippen LogP contribution in [0.2, 0.25) is 0 Å². The lowest BCUT2D eigenvalue weighted by molar-refractivity contribution is 0.388. The van der Waals surface area contributed by atoms with Crippen molar-refractivity contribution < 1.29 is 8.42 Å². The van der Waals surface area contributed by atoms with Gasteiger partial charge in [-0.3, -0.25) is 0 Å². The van der Waals surface area contributed by atoms with Gasteiger partial charge in [-0.25, -0.2) is 22.7 Å². The third-order valence-electron chi connectivity index (χ3n) is 4.63. The Hall–Kier alpha value is -2.30. The minimum absolute atomic E-state index is 0.236. The van der Waals surface area contributed by atoms with Gasteiger partial charge in [-0.15, -0.1) is 0 Å². The van der Waals surface area contributed by atoms with Crippen LogP contribution in [0, 0.1) is 6.92 Å². The molecule has 1 aromatic carbocycles. The number of benzene rings is 1. The average molecular weight is 421 g/mol. The Labute approximate surface area is 171 Å². The van der Waals surface area contributed by atoms with Gasteiger partial charge in [0.25, 0.3) is 0 Å². The lowest BCUT2D eigenvalue weighted by Crippen LogP contribution is -2.50. The number of nitrogens with zero attached hydrogens (tertiary/aromatic N) is 5. The maximum atomic E-state index is 12.4. The van der Waals surface area contributed by atoms with E-state index in [-0.39, 0.29) is 4.90 Å². The summed E-state index contributed by atoms with van der Waals surface area (Å²) in [7, 11) is -0.465. The molecule has 10 heteroatoms. The third kappa shape index (κ3) is 4.40. The van der Waals surface area contributed by atoms with E-state index in [2.05, 4.69) is 25.1 Å². The van der Waals surface area contributed by atoms with Gasteiger partial charge in [0.2, 0.25) is 16.0 Å². The van der Waals surface area contributed by atoms with Gasteiger partial charge in [0.15, 0.2) is 5.11 Å². The second kappa shape index (κ2) is 8.38. The molecule has 1 aromatic heterocycles. The molecule has 1 aliphatic rings. The first-order valence-electron chi connectivity index (χ1n) is 8.90. The van der Waals surface area contributed by atoms with Crippen molar-refractivity contribution in [2.75, 3.05) is 50.5 Å². The van der Waals surface area contributed by atoms with Crippen molar-refractivity contribution >= 4 is 39.0 Å². The number of thiocarbonyl (C=S) groups is 1. The van der Waals surface area contributed by atoms with Gasteiger partial charge in [-0.05, 0) is 42.9 Å². The molecule has 1 N–H and O–H groups in total. The van der Waals surface area contributed by atoms with Crippen LogP contribution >= 0.6 is 12.2 Å². The van der Waals surface area contributed by atoms with E-state index in [0.29, 0.717) is 10.8 Å². The van der Waals surface area contributed by atoms with E-state index in [1.165, 1.54) is 18.4 Å². The quantitative estimate of drug-likeness (QED) is 0.747. The highest BCUT2D eigenvalue weighted by Gasteiger charge is 2.22. The van der Waals surface area contributed by atoms with E-state index in [4.69, 9.17) is 12.2 Å². The second-order valence-electron chi connectivity index (χ2n) is 6.72. The van der Waals surface area contributed by atoms with Crippen LogP contribution in [0.1, 0.15) is 5.56 Å². The highest BCUT2D eigenvalue weighted by molar-refractivity contribution is 7.89. The van der Waals surface area contributed by atoms with Gasteiger partial charge in [0.05, 0.1) is 4.90 Å². The van der Waals surface area contributed by atoms with Gasteiger partial charge in [0.1, 0.15) is 0 Å². The second-order valence-corrected chi connectivity index (χ2v) is 9.26. The van der Waals surface area contributed by atoms with E-state index in [9.17, 15) is 8.42 Å². The Morgan fingerprint density at radius 3 is 2.39 bits per heavy atom. The zero-order valence-electron chi connectivity index (χ0n) is 16.2. The number of rotatable bonds is 4. The molecule has 0 saturated carbocycles. The molecule has 0 amide bonds. The van der Waals surface area contributed by atoms with Crippen LogP contribution in [-0.2, 0) is 10.0 Å². The molecular formula is C18H24N6O2S2. The monoisotopic (exact) mass is 420 g/mol. The van der Waals surface area contributed by atoms with E-state index in [1.807, 2.05) is 6.92 Å². The van der Waals surface area contributed by atoms with Crippen LogP contribution in [0.3, 0.4) is 0 Å². The topological polar surface area (TPSA) is 81.7 Å². The molecule has 0 spiro atoms. The van der Waals surface area contributed by atoms with Crippen LogP contribution in [0.5, 0.6) is 0 Å². The highest BCUT2D eigenvalue weighted by Crippen LogP contribution is 2.22. The lowest BCUT2D eigenvalue weighted by atomic mass is 10.2. The lowest BCUT2D eigenvalue weighted by Gasteiger charge is -2.36. The van der Waals surface area contributed by atoms with Crippen molar-refractivity contribution in [3.05, 3.63) is 42.2 Å². The molecule has 0 radical (unpaired) electrons. The Morgan fingerprint density at radius 1 is 1.14 bits per heavy atom. The van der Waals surface area contributed by atoms with E-state index in [0.717, 1.165) is 37.7 Å². The first-order valence-corrected chi connectivity index (χ1v) is 10.7. The maximum Gasteiger partial charge on any atom is 0.242 e. The predicted molar refractivity (Wildman–Crippen MR) is 114 cm³/mol. The van der Waals surface area contributed by atoms with E-state index < -0.39 is 10.0 Å². The summed E-state index contributed by atoms with van der Waals surface area (Å²) in [4.78, 5) is 13.0. The molecule has 1 fully saturated rings. The average Bonchev–Trinajstić information content (AvgIpc) is 2.70. The zero-order valence-corrected chi connectivity index (χ0v) is 17.8. The molecule has 0 unspecified atom stereocenters. The third-order valence-corrected chi connectivity index (χ3v) is 6.80. The fourth-order valence-electron chi connectivity index (χ4n) is 2.87. The molecular weight excluding hydrogens is 396 g/mol. The summed E-state index contributed by atoms with van der Waals surface area (Å²) in [5.41, 5.74) is 1.62. The van der Waals surface area contributed by atoms with Gasteiger partial charge in [-0.2, -0.15) is 0 Å². The van der Waals surface area contributed by atoms with Gasteiger partial charge >= 0.3 is 0 Å². The number of sulfonamides is 1. The minimum atomic E-state index is -3.50. The smallest absolute Gasteiger partial charge is 0.242 e. The summed E-state index contributed by atoms with van der Waals surface area (Å²) in [6.07, 6.45) is 3.47. The van der Waals surface area contributed by atoms with E-state index in [1.54, 1.807) is 36.7 Å². The maximum absolute atomic E-state index is 12.4. The first kappa shape index (κ1) is 20.4. The molecule has 150 valence electrons. The number of aromatic nitrogens is 2. The highest BCUT2D eigenvalue weighted by atomic mass is 32.2. The fraction of sp³-hybridized carbons (Fsp3) is 0.389. The zero-order chi connectivity index (χ0) is 20.3. The molecule has 28 heavy (non-hydrogen) atoms. The number of hydrogen-bond donors (Lipinski definition) is 1. The van der Waals surface area contributed by atoms with Gasteiger partial charge < -0.3 is 15.1 Å². The number of piperazine rings is 1. The van der Waals surface area contributed by atoms with Crippen molar-refractivity contribution in [1.82, 2.24) is 19.2 Å². The summed E-state index contributed by atoms with van der Waals surface area (Å²) >= 11 is 5.56. The van der Waals surface area contributed by atoms with Crippen LogP contribution < -0.4 is 10.2 Å². The van der Waals surface area contributed by atoms with Crippen LogP contribution in [0.4, 0.5) is 11.6 Å². The van der Waals surface area contributed by atoms with Gasteiger partial charge in [-0.1, -0.05) is 6.07 Å². The molecule has 2 heterocycles. The number of hydrogen-bond acceptors (Lipinski definition) is 6. The largest absolute Gasteiger partial charge is 0.345 e. The Kier molecular flexibility index (Phi) is 6.11. The van der Waals surface area contributed by atoms with Crippen molar-refractivity contribution in [1.29, 1.82) is 0 Å². The fourth-order valence-corrected chi connectivity index (χ4v) is 4.09. The standard InChI is InChI=1S/C18H24N6O2S2/c1-14-5-6-15(28(25,26)22(2)3)13-16(14)21-18(27)24-11-9-23(10-12-24)17-19-7-4-8-20-17/h4-8,13H,9-12H2,1-3H3,(H,21,27). The molecule has 1 saturated heterocycles. The number of nitrogens with one attached hydrogen (secondary N) is 1. The molecule has 8 nitrogen and oxygen atoms in total. The normalized spacial score (nSPS) is 15.0. The first-order chi connectivity index (χ1) is 13.3. The Bertz CT molecular complexity index is 942. The molecule has 1 aliphatic heterocycles. The van der Waals surface area contributed by atoms with Crippen LogP contribution in [0.15, 0.2) is 41.6 Å². The Morgan fingerprint density at radius 2 is 1.79 bits per heavy atom. The number of aryl methyl sites for hydroxylation is 1. The van der Waals surface area contributed by atoms with Crippen molar-refractivity contribution in [2.45, 2.75) is 11.8 Å². The number of anilines is 2. The van der Waals surface area contributed by atoms with Crippen molar-refractivity contribution in [3.63, 3.8) is 0 Å². The molecule has 0 aliphatic carbocycles. The van der Waals surface area contributed by atoms with Crippen LogP contribution in [0.25, 0.3) is 0 Å². The molecule has 0 atom stereocenters. The molecule has 3 rings (SSSR count). The summed E-state index contributed by atoms with van der Waals surface area (Å²) in [6.45, 7) is 4.92. The van der Waals surface area contributed by atoms with Crippen molar-refractivity contribution in [3.8, 4) is 0 Å². The molecule has 2 aromatic rings. The Balaban J connectivity index is 1.67. The minimum Gasteiger partial charge on any atom is -0.345 e. The summed E-state index contributed by atoms with van der Waals surface area (Å²) in [5, 5.41) is 3.79. The van der Waals surface area contributed by atoms with Crippen molar-refractivity contribution in [2.24, 2.45) is 0 Å². The summed E-state index contributed by atoms with van der Waals surface area (Å²) in [5.74, 6) is 0.721. The summed E-state index contributed by atoms with van der Waals surface area (Å²) in [6, 6.07) is 6.82. The van der Waals surface area contributed by atoms with Crippen LogP contribution in [-0.4, -0.2) is 73.0 Å². The summed E-state index contributed by atoms with van der Waals surface area (Å²) < 4.78 is 26.0. The van der Waals surface area contributed by atoms with E-state index >= 15 is 0 Å². The van der Waals surface area contributed by atoms with Gasteiger partial charge in [0, 0.05) is 58.4 Å². The SMILES string of the molecule is Cc1ccc(S(=O)(=O)N(C)C)cc1NC(=S)N1CCN(c2ncccn2)CC1. The molecule has 0 bridgehead atoms.